The topological polar surface area (TPSA) is 111 Å². The second-order valence-electron chi connectivity index (χ2n) is 6.68. The summed E-state index contributed by atoms with van der Waals surface area (Å²) >= 11 is 5.99. The Morgan fingerprint density at radius 3 is 2.45 bits per heavy atom. The number of amides is 2. The Bertz CT molecular complexity index is 1220. The zero-order valence-corrected chi connectivity index (χ0v) is 17.5. The van der Waals surface area contributed by atoms with Crippen LogP contribution in [-0.4, -0.2) is 52.7 Å². The number of carbonyl (C=O) groups excluding carboxylic acids is 3. The van der Waals surface area contributed by atoms with Crippen LogP contribution in [-0.2, 0) is 21.4 Å². The number of hydrogen-bond donors (Lipinski definition) is 1. The lowest BCUT2D eigenvalue weighted by Crippen LogP contribution is -2.37. The highest BCUT2D eigenvalue weighted by Gasteiger charge is 2.20. The summed E-state index contributed by atoms with van der Waals surface area (Å²) in [6.45, 7) is -0.851. The third kappa shape index (κ3) is 5.07. The highest BCUT2D eigenvalue weighted by atomic mass is 35.5. The molecule has 1 N–H and O–H groups in total. The minimum atomic E-state index is -0.853. The molecule has 3 aromatic rings. The molecule has 0 unspecified atom stereocenters. The third-order valence-electron chi connectivity index (χ3n) is 4.43. The van der Waals surface area contributed by atoms with Crippen LogP contribution >= 0.6 is 11.6 Å². The highest BCUT2D eigenvalue weighted by Crippen LogP contribution is 2.20. The van der Waals surface area contributed by atoms with Crippen molar-refractivity contribution in [2.75, 3.05) is 25.5 Å². The van der Waals surface area contributed by atoms with E-state index in [-0.39, 0.29) is 17.8 Å². The molecule has 1 aromatic heterocycles. The van der Waals surface area contributed by atoms with Gasteiger partial charge in [0.2, 0.25) is 5.91 Å². The Morgan fingerprint density at radius 1 is 1.10 bits per heavy atom. The van der Waals surface area contributed by atoms with Gasteiger partial charge in [0.25, 0.3) is 11.5 Å². The number of aryl methyl sites for hydroxylation is 1. The molecule has 0 saturated carbocycles. The van der Waals surface area contributed by atoms with Crippen LogP contribution in [0.1, 0.15) is 10.5 Å². The summed E-state index contributed by atoms with van der Waals surface area (Å²) in [5.74, 6) is -1.90. The standard InChI is InChI=1S/C21H19ClN4O5/c1-25(11-17(27)23-16-10-6-5-9-15(16)22)18(28)12-31-21(30)19-13-7-3-4-8-14(13)20(29)26(2)24-19/h3-10H,11-12H2,1-2H3,(H,23,27). The van der Waals surface area contributed by atoms with E-state index in [1.54, 1.807) is 48.5 Å². The van der Waals surface area contributed by atoms with Gasteiger partial charge in [-0.3, -0.25) is 14.4 Å². The van der Waals surface area contributed by atoms with Crippen LogP contribution in [0.2, 0.25) is 5.02 Å². The Labute approximate surface area is 182 Å². The molecule has 160 valence electrons. The lowest BCUT2D eigenvalue weighted by Gasteiger charge is -2.17. The second-order valence-corrected chi connectivity index (χ2v) is 7.08. The lowest BCUT2D eigenvalue weighted by atomic mass is 10.1. The van der Waals surface area contributed by atoms with E-state index in [2.05, 4.69) is 10.4 Å². The summed E-state index contributed by atoms with van der Waals surface area (Å²) in [4.78, 5) is 50.2. The monoisotopic (exact) mass is 442 g/mol. The number of para-hydroxylation sites is 1. The molecule has 0 radical (unpaired) electrons. The van der Waals surface area contributed by atoms with Crippen molar-refractivity contribution in [3.05, 3.63) is 69.6 Å². The SMILES string of the molecule is CN(CC(=O)Nc1ccccc1Cl)C(=O)COC(=O)c1nn(C)c(=O)c2ccccc12. The Hall–Kier alpha value is -3.72. The van der Waals surface area contributed by atoms with Crippen molar-refractivity contribution >= 4 is 45.8 Å². The zero-order chi connectivity index (χ0) is 22.5. The van der Waals surface area contributed by atoms with Gasteiger partial charge in [0.05, 0.1) is 22.6 Å². The number of esters is 1. The quantitative estimate of drug-likeness (QED) is 0.583. The number of benzene rings is 2. The Kier molecular flexibility index (Phi) is 6.66. The molecule has 0 aliphatic rings. The molecule has 9 nitrogen and oxygen atoms in total. The minimum Gasteiger partial charge on any atom is -0.451 e. The van der Waals surface area contributed by atoms with E-state index in [0.717, 1.165) is 9.58 Å². The molecule has 0 saturated heterocycles. The maximum Gasteiger partial charge on any atom is 0.359 e. The first-order valence-corrected chi connectivity index (χ1v) is 9.57. The summed E-state index contributed by atoms with van der Waals surface area (Å²) in [6.07, 6.45) is 0. The molecule has 0 atom stereocenters. The van der Waals surface area contributed by atoms with Gasteiger partial charge in [-0.15, -0.1) is 0 Å². The smallest absolute Gasteiger partial charge is 0.359 e. The molecular weight excluding hydrogens is 424 g/mol. The number of aromatic nitrogens is 2. The fourth-order valence-corrected chi connectivity index (χ4v) is 3.00. The predicted octanol–water partition coefficient (Wildman–Crippen LogP) is 1.84. The molecular formula is C21H19ClN4O5. The average Bonchev–Trinajstić information content (AvgIpc) is 2.75. The summed E-state index contributed by atoms with van der Waals surface area (Å²) in [6, 6.07) is 13.2. The van der Waals surface area contributed by atoms with Gasteiger partial charge in [-0.25, -0.2) is 9.48 Å². The first-order chi connectivity index (χ1) is 14.8. The van der Waals surface area contributed by atoms with Gasteiger partial charge < -0.3 is 15.0 Å². The summed E-state index contributed by atoms with van der Waals surface area (Å²) in [5, 5.41) is 7.57. The number of carbonyl (C=O) groups is 3. The number of halogens is 1. The van der Waals surface area contributed by atoms with Gasteiger partial charge in [0, 0.05) is 19.5 Å². The molecule has 0 bridgehead atoms. The molecule has 31 heavy (non-hydrogen) atoms. The summed E-state index contributed by atoms with van der Waals surface area (Å²) < 4.78 is 6.11. The van der Waals surface area contributed by atoms with E-state index in [9.17, 15) is 19.2 Å². The molecule has 0 aliphatic carbocycles. The average molecular weight is 443 g/mol. The highest BCUT2D eigenvalue weighted by molar-refractivity contribution is 6.33. The van der Waals surface area contributed by atoms with Crippen molar-refractivity contribution in [1.29, 1.82) is 0 Å². The van der Waals surface area contributed by atoms with E-state index in [1.165, 1.54) is 14.1 Å². The number of ether oxygens (including phenoxy) is 1. The number of likely N-dealkylation sites (N-methyl/N-ethyl adjacent to an activating group) is 1. The van der Waals surface area contributed by atoms with E-state index in [0.29, 0.717) is 21.5 Å². The molecule has 10 heteroatoms. The van der Waals surface area contributed by atoms with Gasteiger partial charge in [0.15, 0.2) is 12.3 Å². The summed E-state index contributed by atoms with van der Waals surface area (Å²) in [7, 11) is 2.82. The molecule has 2 aromatic carbocycles. The number of nitrogens with zero attached hydrogens (tertiary/aromatic N) is 3. The Morgan fingerprint density at radius 2 is 1.74 bits per heavy atom. The number of rotatable bonds is 6. The second kappa shape index (κ2) is 9.40. The van der Waals surface area contributed by atoms with Gasteiger partial charge in [0.1, 0.15) is 0 Å². The van der Waals surface area contributed by atoms with Crippen LogP contribution in [0, 0.1) is 0 Å². The van der Waals surface area contributed by atoms with Crippen LogP contribution in [0.5, 0.6) is 0 Å². The van der Waals surface area contributed by atoms with E-state index in [1.807, 2.05) is 0 Å². The Balaban J connectivity index is 1.62. The van der Waals surface area contributed by atoms with Gasteiger partial charge >= 0.3 is 5.97 Å². The van der Waals surface area contributed by atoms with E-state index >= 15 is 0 Å². The number of nitrogens with one attached hydrogen (secondary N) is 1. The van der Waals surface area contributed by atoms with Gasteiger partial charge in [-0.05, 0) is 18.2 Å². The number of hydrogen-bond acceptors (Lipinski definition) is 6. The predicted molar refractivity (Wildman–Crippen MR) is 115 cm³/mol. The zero-order valence-electron chi connectivity index (χ0n) is 16.8. The first kappa shape index (κ1) is 22.0. The van der Waals surface area contributed by atoms with Crippen LogP contribution in [0.3, 0.4) is 0 Å². The van der Waals surface area contributed by atoms with Crippen molar-refractivity contribution in [3.8, 4) is 0 Å². The van der Waals surface area contributed by atoms with Crippen molar-refractivity contribution in [2.45, 2.75) is 0 Å². The van der Waals surface area contributed by atoms with Gasteiger partial charge in [-0.1, -0.05) is 41.9 Å². The lowest BCUT2D eigenvalue weighted by molar-refractivity contribution is -0.136. The first-order valence-electron chi connectivity index (χ1n) is 9.19. The number of anilines is 1. The van der Waals surface area contributed by atoms with Crippen LogP contribution in [0.25, 0.3) is 10.8 Å². The fraction of sp³-hybridized carbons (Fsp3) is 0.190. The molecule has 3 rings (SSSR count). The molecule has 0 fully saturated rings. The molecule has 0 spiro atoms. The normalized spacial score (nSPS) is 10.5. The van der Waals surface area contributed by atoms with Crippen LogP contribution < -0.4 is 10.9 Å². The van der Waals surface area contributed by atoms with Crippen molar-refractivity contribution in [2.24, 2.45) is 7.05 Å². The fourth-order valence-electron chi connectivity index (χ4n) is 2.81. The minimum absolute atomic E-state index is 0.0791. The van der Waals surface area contributed by atoms with Crippen LogP contribution in [0.15, 0.2) is 53.3 Å². The largest absolute Gasteiger partial charge is 0.451 e. The van der Waals surface area contributed by atoms with Crippen molar-refractivity contribution < 1.29 is 19.1 Å². The van der Waals surface area contributed by atoms with Crippen molar-refractivity contribution in [3.63, 3.8) is 0 Å². The maximum absolute atomic E-state index is 12.5. The molecule has 2 amide bonds. The molecule has 0 aliphatic heterocycles. The van der Waals surface area contributed by atoms with Crippen LogP contribution in [0.4, 0.5) is 5.69 Å². The molecule has 1 heterocycles. The van der Waals surface area contributed by atoms with E-state index in [4.69, 9.17) is 16.3 Å². The maximum atomic E-state index is 12.5. The van der Waals surface area contributed by atoms with E-state index < -0.39 is 24.4 Å². The summed E-state index contributed by atoms with van der Waals surface area (Å²) in [5.41, 5.74) is -0.00815. The van der Waals surface area contributed by atoms with Gasteiger partial charge in [-0.2, -0.15) is 5.10 Å². The van der Waals surface area contributed by atoms with Crippen molar-refractivity contribution in [1.82, 2.24) is 14.7 Å². The third-order valence-corrected chi connectivity index (χ3v) is 4.76. The number of fused-ring (bicyclic) bond motifs is 1.